The van der Waals surface area contributed by atoms with Gasteiger partial charge < -0.3 is 10.2 Å². The summed E-state index contributed by atoms with van der Waals surface area (Å²) in [4.78, 5) is 3.89. The van der Waals surface area contributed by atoms with Crippen LogP contribution in [0.1, 0.15) is 38.1 Å². The molecular weight excluding hydrogens is 296 g/mol. The van der Waals surface area contributed by atoms with Crippen molar-refractivity contribution in [1.29, 1.82) is 0 Å². The SMILES string of the molecule is CCCN(CC)CCNC(C)c1ccc(Br)s1. The monoisotopic (exact) mass is 318 g/mol. The number of hydrogen-bond donors (Lipinski definition) is 1. The first-order chi connectivity index (χ1) is 8.17. The minimum Gasteiger partial charge on any atom is -0.308 e. The molecular formula is C13H23BrN2S. The van der Waals surface area contributed by atoms with E-state index >= 15 is 0 Å². The number of likely N-dealkylation sites (N-methyl/N-ethyl adjacent to an activating group) is 1. The predicted molar refractivity (Wildman–Crippen MR) is 80.8 cm³/mol. The molecule has 0 aromatic carbocycles. The molecule has 4 heteroatoms. The van der Waals surface area contributed by atoms with Gasteiger partial charge in [-0.05, 0) is 54.5 Å². The van der Waals surface area contributed by atoms with Crippen molar-refractivity contribution in [2.45, 2.75) is 33.2 Å². The molecule has 0 aliphatic carbocycles. The van der Waals surface area contributed by atoms with Gasteiger partial charge in [0.1, 0.15) is 0 Å². The summed E-state index contributed by atoms with van der Waals surface area (Å²) >= 11 is 5.32. The fraction of sp³-hybridized carbons (Fsp3) is 0.692. The largest absolute Gasteiger partial charge is 0.308 e. The zero-order valence-electron chi connectivity index (χ0n) is 11.0. The zero-order valence-corrected chi connectivity index (χ0v) is 13.4. The number of hydrogen-bond acceptors (Lipinski definition) is 3. The van der Waals surface area contributed by atoms with Crippen LogP contribution in [0.2, 0.25) is 0 Å². The molecule has 98 valence electrons. The molecule has 1 heterocycles. The van der Waals surface area contributed by atoms with Crippen LogP contribution in [0.15, 0.2) is 15.9 Å². The number of nitrogens with one attached hydrogen (secondary N) is 1. The van der Waals surface area contributed by atoms with Crippen LogP contribution < -0.4 is 5.32 Å². The third kappa shape index (κ3) is 5.51. The van der Waals surface area contributed by atoms with Crippen LogP contribution in [0.3, 0.4) is 0 Å². The van der Waals surface area contributed by atoms with Gasteiger partial charge in [0.15, 0.2) is 0 Å². The lowest BCUT2D eigenvalue weighted by atomic mass is 10.3. The third-order valence-electron chi connectivity index (χ3n) is 2.89. The quantitative estimate of drug-likeness (QED) is 0.782. The summed E-state index contributed by atoms with van der Waals surface area (Å²) in [6.45, 7) is 11.3. The Bertz CT molecular complexity index is 314. The van der Waals surface area contributed by atoms with E-state index in [1.165, 1.54) is 21.6 Å². The molecule has 1 unspecified atom stereocenters. The molecule has 0 amide bonds. The molecule has 1 aromatic heterocycles. The highest BCUT2D eigenvalue weighted by molar-refractivity contribution is 9.11. The van der Waals surface area contributed by atoms with Crippen LogP contribution in [0.25, 0.3) is 0 Å². The highest BCUT2D eigenvalue weighted by Gasteiger charge is 2.07. The third-order valence-corrected chi connectivity index (χ3v) is 4.69. The van der Waals surface area contributed by atoms with Gasteiger partial charge in [-0.2, -0.15) is 0 Å². The van der Waals surface area contributed by atoms with Crippen LogP contribution in [0.5, 0.6) is 0 Å². The first-order valence-electron chi connectivity index (χ1n) is 6.38. The number of thiophene rings is 1. The normalized spacial score (nSPS) is 13.2. The topological polar surface area (TPSA) is 15.3 Å². The number of halogens is 1. The van der Waals surface area contributed by atoms with Gasteiger partial charge in [0.2, 0.25) is 0 Å². The highest BCUT2D eigenvalue weighted by Crippen LogP contribution is 2.26. The smallest absolute Gasteiger partial charge is 0.0701 e. The molecule has 1 rings (SSSR count). The Kier molecular flexibility index (Phi) is 7.35. The van der Waals surface area contributed by atoms with E-state index < -0.39 is 0 Å². The average molecular weight is 319 g/mol. The van der Waals surface area contributed by atoms with Gasteiger partial charge in [0, 0.05) is 24.0 Å². The average Bonchev–Trinajstić information content (AvgIpc) is 2.74. The molecule has 0 saturated heterocycles. The van der Waals surface area contributed by atoms with Gasteiger partial charge in [0.25, 0.3) is 0 Å². The second kappa shape index (κ2) is 8.25. The molecule has 1 atom stereocenters. The molecule has 0 aliphatic heterocycles. The number of rotatable bonds is 8. The summed E-state index contributed by atoms with van der Waals surface area (Å²) in [6.07, 6.45) is 1.24. The maximum atomic E-state index is 3.58. The second-order valence-corrected chi connectivity index (χ2v) is 6.75. The summed E-state index contributed by atoms with van der Waals surface area (Å²) in [7, 11) is 0. The number of nitrogens with zero attached hydrogens (tertiary/aromatic N) is 1. The summed E-state index contributed by atoms with van der Waals surface area (Å²) < 4.78 is 1.21. The van der Waals surface area contributed by atoms with Crippen LogP contribution in [-0.4, -0.2) is 31.1 Å². The van der Waals surface area contributed by atoms with Gasteiger partial charge in [-0.25, -0.2) is 0 Å². The molecule has 0 fully saturated rings. The fourth-order valence-corrected chi connectivity index (χ4v) is 3.30. The standard InChI is InChI=1S/C13H23BrN2S/c1-4-9-16(5-2)10-8-15-11(3)12-6-7-13(14)17-12/h6-7,11,15H,4-5,8-10H2,1-3H3. The second-order valence-electron chi connectivity index (χ2n) is 4.25. The zero-order chi connectivity index (χ0) is 12.7. The van der Waals surface area contributed by atoms with Crippen molar-refractivity contribution in [3.8, 4) is 0 Å². The molecule has 0 bridgehead atoms. The van der Waals surface area contributed by atoms with Gasteiger partial charge in [-0.15, -0.1) is 11.3 Å². The Morgan fingerprint density at radius 2 is 2.12 bits per heavy atom. The van der Waals surface area contributed by atoms with Crippen molar-refractivity contribution in [2.24, 2.45) is 0 Å². The van der Waals surface area contributed by atoms with Crippen molar-refractivity contribution in [1.82, 2.24) is 10.2 Å². The minimum absolute atomic E-state index is 0.451. The lowest BCUT2D eigenvalue weighted by Crippen LogP contribution is -2.33. The Balaban J connectivity index is 2.26. The Morgan fingerprint density at radius 3 is 2.65 bits per heavy atom. The van der Waals surface area contributed by atoms with Crippen LogP contribution in [-0.2, 0) is 0 Å². The highest BCUT2D eigenvalue weighted by atomic mass is 79.9. The van der Waals surface area contributed by atoms with E-state index in [-0.39, 0.29) is 0 Å². The summed E-state index contributed by atoms with van der Waals surface area (Å²) in [5, 5.41) is 3.58. The lowest BCUT2D eigenvalue weighted by molar-refractivity contribution is 0.284. The van der Waals surface area contributed by atoms with E-state index in [4.69, 9.17) is 0 Å². The molecule has 0 saturated carbocycles. The lowest BCUT2D eigenvalue weighted by Gasteiger charge is -2.21. The maximum Gasteiger partial charge on any atom is 0.0701 e. The molecule has 0 spiro atoms. The van der Waals surface area contributed by atoms with Crippen molar-refractivity contribution >= 4 is 27.3 Å². The van der Waals surface area contributed by atoms with E-state index in [0.717, 1.165) is 19.6 Å². The van der Waals surface area contributed by atoms with Crippen molar-refractivity contribution in [3.05, 3.63) is 20.8 Å². The minimum atomic E-state index is 0.451. The van der Waals surface area contributed by atoms with Crippen LogP contribution >= 0.6 is 27.3 Å². The molecule has 17 heavy (non-hydrogen) atoms. The van der Waals surface area contributed by atoms with E-state index in [1.54, 1.807) is 0 Å². The summed E-state index contributed by atoms with van der Waals surface area (Å²) in [6, 6.07) is 4.76. The first kappa shape index (κ1) is 15.2. The first-order valence-corrected chi connectivity index (χ1v) is 7.99. The van der Waals surface area contributed by atoms with Gasteiger partial charge in [-0.3, -0.25) is 0 Å². The van der Waals surface area contributed by atoms with E-state index in [0.29, 0.717) is 6.04 Å². The van der Waals surface area contributed by atoms with Gasteiger partial charge in [-0.1, -0.05) is 13.8 Å². The van der Waals surface area contributed by atoms with E-state index in [9.17, 15) is 0 Å². The van der Waals surface area contributed by atoms with E-state index in [1.807, 2.05) is 11.3 Å². The van der Waals surface area contributed by atoms with Crippen molar-refractivity contribution in [3.63, 3.8) is 0 Å². The van der Waals surface area contributed by atoms with Gasteiger partial charge in [0.05, 0.1) is 3.79 Å². The molecule has 2 nitrogen and oxygen atoms in total. The molecule has 0 aliphatic rings. The Hall–Kier alpha value is 0.1000. The van der Waals surface area contributed by atoms with Crippen LogP contribution in [0.4, 0.5) is 0 Å². The summed E-state index contributed by atoms with van der Waals surface area (Å²) in [5.41, 5.74) is 0. The van der Waals surface area contributed by atoms with E-state index in [2.05, 4.69) is 59.1 Å². The predicted octanol–water partition coefficient (Wildman–Crippen LogP) is 3.89. The Labute approximate surface area is 118 Å². The fourth-order valence-electron chi connectivity index (χ4n) is 1.85. The maximum absolute atomic E-state index is 3.58. The summed E-state index contributed by atoms with van der Waals surface area (Å²) in [5.74, 6) is 0. The Morgan fingerprint density at radius 1 is 1.35 bits per heavy atom. The van der Waals surface area contributed by atoms with Crippen LogP contribution in [0, 0.1) is 0 Å². The van der Waals surface area contributed by atoms with Crippen molar-refractivity contribution in [2.75, 3.05) is 26.2 Å². The van der Waals surface area contributed by atoms with Crippen molar-refractivity contribution < 1.29 is 0 Å². The molecule has 1 N–H and O–H groups in total. The molecule has 1 aromatic rings. The van der Waals surface area contributed by atoms with Gasteiger partial charge >= 0.3 is 0 Å². The molecule has 0 radical (unpaired) electrons.